The molecule has 6 heteroatoms. The third-order valence-corrected chi connectivity index (χ3v) is 2.69. The van der Waals surface area contributed by atoms with E-state index in [9.17, 15) is 4.39 Å². The van der Waals surface area contributed by atoms with Crippen molar-refractivity contribution in [2.24, 2.45) is 0 Å². The molecule has 0 unspecified atom stereocenters. The van der Waals surface area contributed by atoms with Crippen molar-refractivity contribution in [2.45, 2.75) is 6.92 Å². The van der Waals surface area contributed by atoms with E-state index >= 15 is 0 Å². The highest BCUT2D eigenvalue weighted by Crippen LogP contribution is 2.25. The summed E-state index contributed by atoms with van der Waals surface area (Å²) < 4.78 is 15.0. The highest BCUT2D eigenvalue weighted by molar-refractivity contribution is 5.72. The molecule has 0 atom stereocenters. The average Bonchev–Trinajstić information content (AvgIpc) is 2.75. The second-order valence-electron chi connectivity index (χ2n) is 4.01. The van der Waals surface area contributed by atoms with Gasteiger partial charge in [0.15, 0.2) is 11.5 Å². The summed E-state index contributed by atoms with van der Waals surface area (Å²) in [6, 6.07) is 5.95. The monoisotopic (exact) mass is 243 g/mol. The number of aryl methyl sites for hydroxylation is 1. The van der Waals surface area contributed by atoms with Crippen LogP contribution in [0.3, 0.4) is 0 Å². The van der Waals surface area contributed by atoms with Gasteiger partial charge in [0.25, 0.3) is 0 Å². The van der Waals surface area contributed by atoms with Crippen molar-refractivity contribution in [2.75, 3.05) is 5.73 Å². The summed E-state index contributed by atoms with van der Waals surface area (Å²) in [7, 11) is 0. The van der Waals surface area contributed by atoms with Crippen molar-refractivity contribution in [1.29, 1.82) is 0 Å². The van der Waals surface area contributed by atoms with E-state index in [-0.39, 0.29) is 5.82 Å². The van der Waals surface area contributed by atoms with Crippen LogP contribution >= 0.6 is 0 Å². The summed E-state index contributed by atoms with van der Waals surface area (Å²) in [5, 5.41) is 8.06. The number of halogens is 1. The SMILES string of the molecule is Cc1cc2nnc(-c3cc(F)ccc3N)n2cn1. The standard InChI is InChI=1S/C12H10FN5/c1-7-4-11-16-17-12(18(11)6-15-7)9-5-8(13)2-3-10(9)14/h2-6H,14H2,1H3. The van der Waals surface area contributed by atoms with Gasteiger partial charge < -0.3 is 5.73 Å². The number of hydrogen-bond donors (Lipinski definition) is 1. The topological polar surface area (TPSA) is 69.1 Å². The van der Waals surface area contributed by atoms with Crippen molar-refractivity contribution in [3.05, 3.63) is 42.1 Å². The van der Waals surface area contributed by atoms with Crippen LogP contribution in [0.4, 0.5) is 10.1 Å². The fourth-order valence-electron chi connectivity index (χ4n) is 1.79. The van der Waals surface area contributed by atoms with Gasteiger partial charge in [0.2, 0.25) is 0 Å². The van der Waals surface area contributed by atoms with Gasteiger partial charge >= 0.3 is 0 Å². The lowest BCUT2D eigenvalue weighted by Crippen LogP contribution is -1.96. The first-order valence-electron chi connectivity index (χ1n) is 5.38. The molecule has 0 saturated heterocycles. The van der Waals surface area contributed by atoms with Gasteiger partial charge in [-0.2, -0.15) is 0 Å². The van der Waals surface area contributed by atoms with Crippen molar-refractivity contribution in [1.82, 2.24) is 19.6 Å². The molecular formula is C12H10FN5. The first-order valence-corrected chi connectivity index (χ1v) is 5.38. The Labute approximate surface area is 102 Å². The number of nitrogens with zero attached hydrogens (tertiary/aromatic N) is 4. The second-order valence-corrected chi connectivity index (χ2v) is 4.01. The average molecular weight is 243 g/mol. The molecule has 18 heavy (non-hydrogen) atoms. The molecule has 1 aromatic carbocycles. The number of rotatable bonds is 1. The maximum absolute atomic E-state index is 13.3. The normalized spacial score (nSPS) is 11.0. The maximum Gasteiger partial charge on any atom is 0.171 e. The lowest BCUT2D eigenvalue weighted by atomic mass is 10.1. The van der Waals surface area contributed by atoms with E-state index in [1.165, 1.54) is 18.2 Å². The number of aromatic nitrogens is 4. The van der Waals surface area contributed by atoms with Crippen LogP contribution in [0, 0.1) is 12.7 Å². The summed E-state index contributed by atoms with van der Waals surface area (Å²) in [4.78, 5) is 4.17. The predicted octanol–water partition coefficient (Wildman–Crippen LogP) is 1.82. The summed E-state index contributed by atoms with van der Waals surface area (Å²) in [5.74, 6) is 0.116. The molecule has 3 aromatic rings. The summed E-state index contributed by atoms with van der Waals surface area (Å²) >= 11 is 0. The lowest BCUT2D eigenvalue weighted by molar-refractivity contribution is 0.628. The number of fused-ring (bicyclic) bond motifs is 1. The van der Waals surface area contributed by atoms with Crippen LogP contribution in [0.2, 0.25) is 0 Å². The van der Waals surface area contributed by atoms with Crippen LogP contribution in [0.25, 0.3) is 17.0 Å². The minimum absolute atomic E-state index is 0.365. The third-order valence-electron chi connectivity index (χ3n) is 2.69. The van der Waals surface area contributed by atoms with E-state index in [2.05, 4.69) is 15.2 Å². The summed E-state index contributed by atoms with van der Waals surface area (Å²) in [6.07, 6.45) is 1.60. The Morgan fingerprint density at radius 1 is 1.22 bits per heavy atom. The minimum Gasteiger partial charge on any atom is -0.398 e. The van der Waals surface area contributed by atoms with Gasteiger partial charge in [-0.05, 0) is 25.1 Å². The Morgan fingerprint density at radius 3 is 2.89 bits per heavy atom. The summed E-state index contributed by atoms with van der Waals surface area (Å²) in [5.41, 5.74) is 8.29. The predicted molar refractivity (Wildman–Crippen MR) is 65.3 cm³/mol. The van der Waals surface area contributed by atoms with Gasteiger partial charge in [0, 0.05) is 23.0 Å². The van der Waals surface area contributed by atoms with Gasteiger partial charge in [-0.25, -0.2) is 9.37 Å². The van der Waals surface area contributed by atoms with E-state index in [0.29, 0.717) is 22.7 Å². The van der Waals surface area contributed by atoms with Gasteiger partial charge in [0.05, 0.1) is 0 Å². The molecule has 5 nitrogen and oxygen atoms in total. The number of benzene rings is 1. The second kappa shape index (κ2) is 3.76. The number of hydrogen-bond acceptors (Lipinski definition) is 4. The van der Waals surface area contributed by atoms with Gasteiger partial charge in [-0.1, -0.05) is 0 Å². The van der Waals surface area contributed by atoms with Gasteiger partial charge in [-0.3, -0.25) is 4.40 Å². The number of nitrogens with two attached hydrogens (primary N) is 1. The van der Waals surface area contributed by atoms with Crippen LogP contribution in [0.15, 0.2) is 30.6 Å². The van der Waals surface area contributed by atoms with Crippen molar-refractivity contribution >= 4 is 11.3 Å². The lowest BCUT2D eigenvalue weighted by Gasteiger charge is -2.04. The molecule has 0 amide bonds. The molecule has 90 valence electrons. The van der Waals surface area contributed by atoms with Crippen molar-refractivity contribution in [3.63, 3.8) is 0 Å². The molecule has 0 radical (unpaired) electrons. The summed E-state index contributed by atoms with van der Waals surface area (Å²) in [6.45, 7) is 1.87. The van der Waals surface area contributed by atoms with Crippen LogP contribution in [-0.2, 0) is 0 Å². The smallest absolute Gasteiger partial charge is 0.171 e. The largest absolute Gasteiger partial charge is 0.398 e. The van der Waals surface area contributed by atoms with Gasteiger partial charge in [-0.15, -0.1) is 10.2 Å². The Kier molecular flexibility index (Phi) is 2.22. The zero-order valence-electron chi connectivity index (χ0n) is 9.63. The molecule has 2 heterocycles. The molecule has 2 aromatic heterocycles. The van der Waals surface area contributed by atoms with E-state index in [4.69, 9.17) is 5.73 Å². The molecule has 0 spiro atoms. The van der Waals surface area contributed by atoms with Gasteiger partial charge in [0.1, 0.15) is 12.1 Å². The van der Waals surface area contributed by atoms with Crippen LogP contribution in [0.1, 0.15) is 5.69 Å². The molecule has 0 saturated carbocycles. The molecule has 0 bridgehead atoms. The molecule has 0 fully saturated rings. The molecule has 0 aliphatic rings. The first kappa shape index (κ1) is 10.6. The van der Waals surface area contributed by atoms with Crippen LogP contribution < -0.4 is 5.73 Å². The van der Waals surface area contributed by atoms with E-state index < -0.39 is 0 Å². The highest BCUT2D eigenvalue weighted by Gasteiger charge is 2.12. The van der Waals surface area contributed by atoms with Crippen LogP contribution in [-0.4, -0.2) is 19.6 Å². The highest BCUT2D eigenvalue weighted by atomic mass is 19.1. The Hall–Kier alpha value is -2.50. The molecule has 0 aliphatic carbocycles. The molecule has 3 rings (SSSR count). The quantitative estimate of drug-likeness (QED) is 0.662. The zero-order valence-corrected chi connectivity index (χ0v) is 9.63. The Bertz CT molecular complexity index is 734. The molecule has 2 N–H and O–H groups in total. The molecule has 0 aliphatic heterocycles. The van der Waals surface area contributed by atoms with E-state index in [0.717, 1.165) is 5.69 Å². The Morgan fingerprint density at radius 2 is 2.06 bits per heavy atom. The third kappa shape index (κ3) is 1.58. The zero-order chi connectivity index (χ0) is 12.7. The fraction of sp³-hybridized carbons (Fsp3) is 0.0833. The van der Waals surface area contributed by atoms with Crippen molar-refractivity contribution in [3.8, 4) is 11.4 Å². The molecular weight excluding hydrogens is 233 g/mol. The first-order chi connectivity index (χ1) is 8.65. The fourth-order valence-corrected chi connectivity index (χ4v) is 1.79. The van der Waals surface area contributed by atoms with E-state index in [1.54, 1.807) is 16.8 Å². The maximum atomic E-state index is 13.3. The minimum atomic E-state index is -0.365. The van der Waals surface area contributed by atoms with Crippen molar-refractivity contribution < 1.29 is 4.39 Å². The Balaban J connectivity index is 2.28. The van der Waals surface area contributed by atoms with Crippen LogP contribution in [0.5, 0.6) is 0 Å². The number of anilines is 1. The van der Waals surface area contributed by atoms with E-state index in [1.807, 2.05) is 6.92 Å². The number of nitrogen functional groups attached to an aromatic ring is 1.